The average molecular weight is 507 g/mol. The zero-order valence-corrected chi connectivity index (χ0v) is 16.5. The molecule has 0 saturated carbocycles. The molecule has 0 fully saturated rings. The third-order valence-electron chi connectivity index (χ3n) is 2.27. The van der Waals surface area contributed by atoms with Crippen LogP contribution in [0.15, 0.2) is 44.3 Å². The van der Waals surface area contributed by atoms with Crippen LogP contribution in [0, 0.1) is 0 Å². The molecule has 1 aromatic carbocycles. The molecular weight excluding hydrogens is 499 g/mol. The van der Waals surface area contributed by atoms with E-state index in [4.69, 9.17) is 33.5 Å². The third kappa shape index (κ3) is 6.36. The molecule has 1 amide bonds. The van der Waals surface area contributed by atoms with E-state index < -0.39 is 16.0 Å². The van der Waals surface area contributed by atoms with Crippen LogP contribution in [0.2, 0.25) is 10.2 Å². The van der Waals surface area contributed by atoms with Gasteiger partial charge in [0.15, 0.2) is 0 Å². The fourth-order valence-electron chi connectivity index (χ4n) is 1.23. The Labute approximate surface area is 159 Å². The second-order valence-corrected chi connectivity index (χ2v) is 7.83. The van der Waals surface area contributed by atoms with Crippen LogP contribution in [0.1, 0.15) is 10.4 Å². The standard InChI is InChI=1S/C7H5BrClNO.C5H3BrClNO3S/c8-6-3-4(9)1-2-5(6)7(10)11;6-4-1-3(12(9,10)11)2-8-5(4)7/h1-3H,(H2,10,11);1-2H,(H,9,10,11). The van der Waals surface area contributed by atoms with Crippen LogP contribution < -0.4 is 5.73 Å². The molecule has 1 aromatic heterocycles. The first-order chi connectivity index (χ1) is 10.5. The van der Waals surface area contributed by atoms with Crippen LogP contribution in [-0.2, 0) is 10.1 Å². The highest BCUT2D eigenvalue weighted by Crippen LogP contribution is 2.22. The molecule has 0 saturated heterocycles. The van der Waals surface area contributed by atoms with Crippen molar-refractivity contribution in [3.05, 3.63) is 55.1 Å². The van der Waals surface area contributed by atoms with Crippen molar-refractivity contribution in [2.45, 2.75) is 4.90 Å². The Balaban J connectivity index is 0.000000231. The first-order valence-corrected chi connectivity index (χ1v) is 9.34. The number of amides is 1. The number of hydrogen-bond acceptors (Lipinski definition) is 4. The Bertz CT molecular complexity index is 847. The fourth-order valence-corrected chi connectivity index (χ4v) is 3.17. The summed E-state index contributed by atoms with van der Waals surface area (Å²) in [4.78, 5) is 13.9. The van der Waals surface area contributed by atoms with Crippen LogP contribution >= 0.6 is 55.1 Å². The molecule has 0 spiro atoms. The van der Waals surface area contributed by atoms with Crippen LogP contribution in [0.25, 0.3) is 0 Å². The molecule has 0 unspecified atom stereocenters. The summed E-state index contributed by atoms with van der Waals surface area (Å²) in [5.41, 5.74) is 5.49. The largest absolute Gasteiger partial charge is 0.366 e. The molecule has 0 aliphatic carbocycles. The Morgan fingerprint density at radius 1 is 1.17 bits per heavy atom. The van der Waals surface area contributed by atoms with Crippen molar-refractivity contribution in [2.75, 3.05) is 0 Å². The Hall–Kier alpha value is -0.710. The summed E-state index contributed by atoms with van der Waals surface area (Å²) in [6.07, 6.45) is 0.975. The Kier molecular flexibility index (Phi) is 7.43. The zero-order chi connectivity index (χ0) is 17.8. The monoisotopic (exact) mass is 504 g/mol. The third-order valence-corrected chi connectivity index (χ3v) is 5.11. The van der Waals surface area contributed by atoms with Crippen molar-refractivity contribution in [1.29, 1.82) is 0 Å². The lowest BCUT2D eigenvalue weighted by Gasteiger charge is -1.98. The molecule has 1 heterocycles. The quantitative estimate of drug-likeness (QED) is 0.473. The molecule has 124 valence electrons. The van der Waals surface area contributed by atoms with Gasteiger partial charge in [0.25, 0.3) is 10.1 Å². The molecular formula is C12H8Br2Cl2N2O4S. The van der Waals surface area contributed by atoms with Gasteiger partial charge in [-0.25, -0.2) is 4.98 Å². The summed E-state index contributed by atoms with van der Waals surface area (Å²) in [5, 5.41) is 0.712. The van der Waals surface area contributed by atoms with Gasteiger partial charge in [0.2, 0.25) is 5.91 Å². The summed E-state index contributed by atoms with van der Waals surface area (Å²) < 4.78 is 30.6. The summed E-state index contributed by atoms with van der Waals surface area (Å²) in [7, 11) is -4.19. The van der Waals surface area contributed by atoms with Crippen LogP contribution in [-0.4, -0.2) is 23.9 Å². The minimum absolute atomic E-state index is 0.141. The van der Waals surface area contributed by atoms with Crippen molar-refractivity contribution in [1.82, 2.24) is 4.98 Å². The number of rotatable bonds is 2. The van der Waals surface area contributed by atoms with Crippen molar-refractivity contribution in [3.8, 4) is 0 Å². The number of primary amides is 1. The predicted molar refractivity (Wildman–Crippen MR) is 94.4 cm³/mol. The molecule has 23 heavy (non-hydrogen) atoms. The van der Waals surface area contributed by atoms with E-state index >= 15 is 0 Å². The number of benzene rings is 1. The topological polar surface area (TPSA) is 110 Å². The lowest BCUT2D eigenvalue weighted by atomic mass is 10.2. The molecule has 2 aromatic rings. The lowest BCUT2D eigenvalue weighted by Crippen LogP contribution is -2.11. The molecule has 0 atom stereocenters. The van der Waals surface area contributed by atoms with E-state index in [-0.39, 0.29) is 10.0 Å². The van der Waals surface area contributed by atoms with E-state index in [1.165, 1.54) is 6.07 Å². The molecule has 0 bridgehead atoms. The second kappa shape index (κ2) is 8.41. The van der Waals surface area contributed by atoms with Crippen molar-refractivity contribution in [2.24, 2.45) is 5.73 Å². The van der Waals surface area contributed by atoms with Gasteiger partial charge in [0.1, 0.15) is 10.0 Å². The minimum atomic E-state index is -4.19. The van der Waals surface area contributed by atoms with Gasteiger partial charge in [-0.05, 0) is 56.1 Å². The first kappa shape index (κ1) is 20.3. The van der Waals surface area contributed by atoms with Gasteiger partial charge in [-0.3, -0.25) is 9.35 Å². The number of aromatic nitrogens is 1. The first-order valence-electron chi connectivity index (χ1n) is 5.55. The maximum absolute atomic E-state index is 10.7. The van der Waals surface area contributed by atoms with Crippen LogP contribution in [0.3, 0.4) is 0 Å². The van der Waals surface area contributed by atoms with E-state index in [0.29, 0.717) is 19.5 Å². The molecule has 0 aliphatic heterocycles. The van der Waals surface area contributed by atoms with Crippen molar-refractivity contribution < 1.29 is 17.8 Å². The predicted octanol–water partition coefficient (Wildman–Crippen LogP) is 3.95. The second-order valence-electron chi connectivity index (χ2n) is 3.91. The molecule has 0 radical (unpaired) electrons. The smallest absolute Gasteiger partial charge is 0.296 e. The maximum Gasteiger partial charge on any atom is 0.296 e. The number of pyridine rings is 1. The maximum atomic E-state index is 10.7. The van der Waals surface area contributed by atoms with Gasteiger partial charge >= 0.3 is 0 Å². The van der Waals surface area contributed by atoms with E-state index in [1.54, 1.807) is 18.2 Å². The van der Waals surface area contributed by atoms with Crippen LogP contribution in [0.4, 0.5) is 0 Å². The molecule has 11 heteroatoms. The van der Waals surface area contributed by atoms with Gasteiger partial charge in [0, 0.05) is 15.7 Å². The highest BCUT2D eigenvalue weighted by atomic mass is 79.9. The Morgan fingerprint density at radius 2 is 1.78 bits per heavy atom. The normalized spacial score (nSPS) is 10.7. The van der Waals surface area contributed by atoms with E-state index in [0.717, 1.165) is 6.20 Å². The van der Waals surface area contributed by atoms with Gasteiger partial charge in [-0.2, -0.15) is 8.42 Å². The van der Waals surface area contributed by atoms with E-state index in [2.05, 4.69) is 36.8 Å². The molecule has 0 aliphatic rings. The number of carbonyl (C=O) groups is 1. The highest BCUT2D eigenvalue weighted by molar-refractivity contribution is 9.10. The molecule has 3 N–H and O–H groups in total. The molecule has 2 rings (SSSR count). The number of carbonyl (C=O) groups excluding carboxylic acids is 1. The average Bonchev–Trinajstić information content (AvgIpc) is 2.41. The Morgan fingerprint density at radius 3 is 2.22 bits per heavy atom. The number of hydrogen-bond donors (Lipinski definition) is 2. The summed E-state index contributed by atoms with van der Waals surface area (Å²) >= 11 is 17.3. The SMILES string of the molecule is NC(=O)c1ccc(Cl)cc1Br.O=S(=O)(O)c1cnc(Cl)c(Br)c1. The van der Waals surface area contributed by atoms with E-state index in [1.807, 2.05) is 0 Å². The lowest BCUT2D eigenvalue weighted by molar-refractivity contribution is 0.0999. The van der Waals surface area contributed by atoms with Crippen molar-refractivity contribution >= 4 is 71.1 Å². The summed E-state index contributed by atoms with van der Waals surface area (Å²) in [6.45, 7) is 0. The summed E-state index contributed by atoms with van der Waals surface area (Å²) in [5.74, 6) is -0.464. The highest BCUT2D eigenvalue weighted by Gasteiger charge is 2.11. The van der Waals surface area contributed by atoms with Gasteiger partial charge < -0.3 is 5.73 Å². The fraction of sp³-hybridized carbons (Fsp3) is 0. The molecule has 6 nitrogen and oxygen atoms in total. The number of nitrogens with zero attached hydrogens (tertiary/aromatic N) is 1. The summed E-state index contributed by atoms with van der Waals surface area (Å²) in [6, 6.07) is 5.99. The van der Waals surface area contributed by atoms with Gasteiger partial charge in [-0.15, -0.1) is 0 Å². The number of nitrogens with two attached hydrogens (primary N) is 1. The van der Waals surface area contributed by atoms with Gasteiger partial charge in [-0.1, -0.05) is 23.2 Å². The minimum Gasteiger partial charge on any atom is -0.366 e. The van der Waals surface area contributed by atoms with E-state index in [9.17, 15) is 13.2 Å². The van der Waals surface area contributed by atoms with Crippen molar-refractivity contribution in [3.63, 3.8) is 0 Å². The van der Waals surface area contributed by atoms with Gasteiger partial charge in [0.05, 0.1) is 10.0 Å². The van der Waals surface area contributed by atoms with Crippen LogP contribution in [0.5, 0.6) is 0 Å². The number of halogens is 4. The zero-order valence-electron chi connectivity index (χ0n) is 11.0.